The molecule has 0 aliphatic rings. The molecule has 0 spiro atoms. The second-order valence-corrected chi connectivity index (χ2v) is 5.79. The maximum absolute atomic E-state index is 6.14. The lowest BCUT2D eigenvalue weighted by Gasteiger charge is -2.20. The Balaban J connectivity index is 2.35. The fraction of sp³-hybridized carbons (Fsp3) is 0.294. The lowest BCUT2D eigenvalue weighted by Crippen LogP contribution is -2.23. The van der Waals surface area contributed by atoms with Gasteiger partial charge < -0.3 is 5.32 Å². The van der Waals surface area contributed by atoms with Gasteiger partial charge in [0.2, 0.25) is 0 Å². The zero-order valence-electron chi connectivity index (χ0n) is 11.8. The van der Waals surface area contributed by atoms with Crippen molar-refractivity contribution >= 4 is 23.2 Å². The highest BCUT2D eigenvalue weighted by atomic mass is 35.5. The van der Waals surface area contributed by atoms with Crippen LogP contribution in [0.4, 0.5) is 0 Å². The van der Waals surface area contributed by atoms with Crippen molar-refractivity contribution in [2.24, 2.45) is 0 Å². The number of hydrogen-bond donors (Lipinski definition) is 1. The van der Waals surface area contributed by atoms with Gasteiger partial charge in [-0.2, -0.15) is 0 Å². The smallest absolute Gasteiger partial charge is 0.0595 e. The summed E-state index contributed by atoms with van der Waals surface area (Å²) < 4.78 is 0. The topological polar surface area (TPSA) is 12.0 Å². The van der Waals surface area contributed by atoms with Crippen molar-refractivity contribution in [3.63, 3.8) is 0 Å². The highest BCUT2D eigenvalue weighted by Crippen LogP contribution is 2.29. The van der Waals surface area contributed by atoms with E-state index in [-0.39, 0.29) is 6.04 Å². The van der Waals surface area contributed by atoms with Gasteiger partial charge in [0.25, 0.3) is 0 Å². The molecule has 0 aliphatic carbocycles. The third kappa shape index (κ3) is 3.76. The molecule has 1 atom stereocenters. The Morgan fingerprint density at radius 3 is 2.20 bits per heavy atom. The molecule has 3 heteroatoms. The molecule has 0 amide bonds. The van der Waals surface area contributed by atoms with Gasteiger partial charge in [-0.25, -0.2) is 0 Å². The second kappa shape index (κ2) is 7.12. The quantitative estimate of drug-likeness (QED) is 0.780. The van der Waals surface area contributed by atoms with Crippen LogP contribution < -0.4 is 5.32 Å². The molecule has 0 bridgehead atoms. The zero-order valence-corrected chi connectivity index (χ0v) is 13.3. The van der Waals surface area contributed by atoms with Gasteiger partial charge in [0.15, 0.2) is 0 Å². The Morgan fingerprint density at radius 2 is 1.60 bits per heavy atom. The molecule has 0 aromatic heterocycles. The van der Waals surface area contributed by atoms with E-state index in [0.717, 1.165) is 18.5 Å². The van der Waals surface area contributed by atoms with Gasteiger partial charge >= 0.3 is 0 Å². The van der Waals surface area contributed by atoms with E-state index in [4.69, 9.17) is 23.2 Å². The Hall–Kier alpha value is -1.02. The van der Waals surface area contributed by atoms with Crippen molar-refractivity contribution in [1.29, 1.82) is 0 Å². The minimum absolute atomic E-state index is 0.144. The predicted octanol–water partition coefficient (Wildman–Crippen LogP) is 5.39. The van der Waals surface area contributed by atoms with E-state index in [0.29, 0.717) is 10.0 Å². The number of nitrogens with one attached hydrogen (secondary N) is 1. The van der Waals surface area contributed by atoms with Gasteiger partial charge in [0.1, 0.15) is 0 Å². The molecule has 106 valence electrons. The number of aryl methyl sites for hydroxylation is 1. The van der Waals surface area contributed by atoms with E-state index in [9.17, 15) is 0 Å². The first-order chi connectivity index (χ1) is 9.61. The highest BCUT2D eigenvalue weighted by Gasteiger charge is 2.14. The van der Waals surface area contributed by atoms with Crippen LogP contribution in [-0.4, -0.2) is 6.54 Å². The van der Waals surface area contributed by atoms with E-state index < -0.39 is 0 Å². The van der Waals surface area contributed by atoms with Crippen LogP contribution >= 0.6 is 23.2 Å². The van der Waals surface area contributed by atoms with Gasteiger partial charge in [0, 0.05) is 0 Å². The van der Waals surface area contributed by atoms with Gasteiger partial charge in [-0.1, -0.05) is 66.0 Å². The van der Waals surface area contributed by atoms with Crippen molar-refractivity contribution in [3.05, 3.63) is 69.2 Å². The summed E-state index contributed by atoms with van der Waals surface area (Å²) >= 11 is 12.1. The summed E-state index contributed by atoms with van der Waals surface area (Å²) in [6, 6.07) is 14.6. The van der Waals surface area contributed by atoms with Crippen LogP contribution in [0.1, 0.15) is 36.1 Å². The maximum Gasteiger partial charge on any atom is 0.0595 e. The average molecular weight is 308 g/mol. The summed E-state index contributed by atoms with van der Waals surface area (Å²) in [6.45, 7) is 5.21. The molecular weight excluding hydrogens is 289 g/mol. The Kier molecular flexibility index (Phi) is 5.47. The summed E-state index contributed by atoms with van der Waals surface area (Å²) in [4.78, 5) is 0. The van der Waals surface area contributed by atoms with Gasteiger partial charge in [0.05, 0.1) is 16.1 Å². The Morgan fingerprint density at radius 1 is 0.950 bits per heavy atom. The first-order valence-corrected chi connectivity index (χ1v) is 7.62. The van der Waals surface area contributed by atoms with Crippen LogP contribution in [-0.2, 0) is 0 Å². The average Bonchev–Trinajstić information content (AvgIpc) is 2.45. The summed E-state index contributed by atoms with van der Waals surface area (Å²) in [6.07, 6.45) is 1.09. The molecule has 1 nitrogen and oxygen atoms in total. The number of hydrogen-bond acceptors (Lipinski definition) is 1. The number of halogens is 2. The molecular formula is C17H19Cl2N. The summed E-state index contributed by atoms with van der Waals surface area (Å²) in [7, 11) is 0. The monoisotopic (exact) mass is 307 g/mol. The molecule has 20 heavy (non-hydrogen) atoms. The molecule has 2 aromatic carbocycles. The fourth-order valence-corrected chi connectivity index (χ4v) is 2.47. The molecule has 1 unspecified atom stereocenters. The normalized spacial score (nSPS) is 12.4. The maximum atomic E-state index is 6.14. The molecule has 0 aliphatic heterocycles. The lowest BCUT2D eigenvalue weighted by atomic mass is 9.97. The lowest BCUT2D eigenvalue weighted by molar-refractivity contribution is 0.598. The van der Waals surface area contributed by atoms with Crippen molar-refractivity contribution < 1.29 is 0 Å². The van der Waals surface area contributed by atoms with Crippen LogP contribution in [0, 0.1) is 6.92 Å². The summed E-state index contributed by atoms with van der Waals surface area (Å²) in [5.74, 6) is 0. The van der Waals surface area contributed by atoms with Crippen molar-refractivity contribution in [1.82, 2.24) is 5.32 Å². The molecule has 1 N–H and O–H groups in total. The molecule has 2 aromatic rings. The summed E-state index contributed by atoms with van der Waals surface area (Å²) in [5.41, 5.74) is 3.64. The van der Waals surface area contributed by atoms with Crippen LogP contribution in [0.5, 0.6) is 0 Å². The molecule has 0 fully saturated rings. The molecule has 0 saturated heterocycles. The molecule has 0 radical (unpaired) electrons. The third-order valence-corrected chi connectivity index (χ3v) is 4.03. The third-order valence-electron chi connectivity index (χ3n) is 3.29. The highest BCUT2D eigenvalue weighted by molar-refractivity contribution is 6.42. The van der Waals surface area contributed by atoms with Crippen molar-refractivity contribution in [2.75, 3.05) is 6.54 Å². The SMILES string of the molecule is CCCNC(c1ccc(C)cc1)c1ccc(Cl)c(Cl)c1. The van der Waals surface area contributed by atoms with E-state index in [1.807, 2.05) is 18.2 Å². The van der Waals surface area contributed by atoms with Crippen LogP contribution in [0.15, 0.2) is 42.5 Å². The second-order valence-electron chi connectivity index (χ2n) is 4.97. The van der Waals surface area contributed by atoms with E-state index in [1.54, 1.807) is 0 Å². The number of benzene rings is 2. The molecule has 0 saturated carbocycles. The molecule has 2 rings (SSSR count). The van der Waals surface area contributed by atoms with Gasteiger partial charge in [-0.05, 0) is 43.1 Å². The van der Waals surface area contributed by atoms with Gasteiger partial charge in [-0.3, -0.25) is 0 Å². The van der Waals surface area contributed by atoms with Crippen molar-refractivity contribution in [3.8, 4) is 0 Å². The van der Waals surface area contributed by atoms with Crippen LogP contribution in [0.25, 0.3) is 0 Å². The fourth-order valence-electron chi connectivity index (χ4n) is 2.17. The zero-order chi connectivity index (χ0) is 14.5. The van der Waals surface area contributed by atoms with Gasteiger partial charge in [-0.15, -0.1) is 0 Å². The van der Waals surface area contributed by atoms with E-state index in [1.165, 1.54) is 11.1 Å². The summed E-state index contributed by atoms with van der Waals surface area (Å²) in [5, 5.41) is 4.75. The molecule has 0 heterocycles. The van der Waals surface area contributed by atoms with E-state index in [2.05, 4.69) is 43.4 Å². The first kappa shape index (κ1) is 15.4. The van der Waals surface area contributed by atoms with Crippen LogP contribution in [0.2, 0.25) is 10.0 Å². The number of rotatable bonds is 5. The van der Waals surface area contributed by atoms with Crippen LogP contribution in [0.3, 0.4) is 0 Å². The standard InChI is InChI=1S/C17H19Cl2N/c1-3-10-20-17(13-6-4-12(2)5-7-13)14-8-9-15(18)16(19)11-14/h4-9,11,17,20H,3,10H2,1-2H3. The largest absolute Gasteiger partial charge is 0.306 e. The predicted molar refractivity (Wildman–Crippen MR) is 87.8 cm³/mol. The van der Waals surface area contributed by atoms with Crippen molar-refractivity contribution in [2.45, 2.75) is 26.3 Å². The minimum Gasteiger partial charge on any atom is -0.306 e. The Bertz CT molecular complexity index is 564. The minimum atomic E-state index is 0.144. The first-order valence-electron chi connectivity index (χ1n) is 6.86. The Labute approximate surface area is 130 Å². The van der Waals surface area contributed by atoms with E-state index >= 15 is 0 Å².